The van der Waals surface area contributed by atoms with E-state index in [2.05, 4.69) is 0 Å². The van der Waals surface area contributed by atoms with Gasteiger partial charge in [-0.15, -0.1) is 0 Å². The fourth-order valence-corrected chi connectivity index (χ4v) is 1.44. The fraction of sp³-hybridized carbons (Fsp3) is 0.417. The molecule has 0 atom stereocenters. The maximum absolute atomic E-state index is 11.9. The molecular weight excluding hydrogens is 204 g/mol. The molecule has 16 heavy (non-hydrogen) atoms. The van der Waals surface area contributed by atoms with Crippen molar-refractivity contribution in [3.8, 4) is 5.75 Å². The molecule has 0 saturated carbocycles. The van der Waals surface area contributed by atoms with E-state index >= 15 is 0 Å². The van der Waals surface area contributed by atoms with Crippen molar-refractivity contribution >= 4 is 5.91 Å². The van der Waals surface area contributed by atoms with Crippen LogP contribution in [-0.2, 0) is 0 Å². The first-order chi connectivity index (χ1) is 7.56. The fourth-order valence-electron chi connectivity index (χ4n) is 1.44. The van der Waals surface area contributed by atoms with Crippen molar-refractivity contribution in [1.82, 2.24) is 4.90 Å². The van der Waals surface area contributed by atoms with Crippen LogP contribution in [0.5, 0.6) is 5.75 Å². The summed E-state index contributed by atoms with van der Waals surface area (Å²) in [6, 6.07) is 4.86. The van der Waals surface area contributed by atoms with Crippen LogP contribution in [0.1, 0.15) is 22.3 Å². The molecule has 88 valence electrons. The molecule has 4 heteroatoms. The quantitative estimate of drug-likeness (QED) is 0.802. The van der Waals surface area contributed by atoms with Crippen molar-refractivity contribution < 1.29 is 9.90 Å². The van der Waals surface area contributed by atoms with Gasteiger partial charge in [0.1, 0.15) is 5.75 Å². The number of nitrogens with zero attached hydrogens (tertiary/aromatic N) is 1. The van der Waals surface area contributed by atoms with Crippen LogP contribution in [0.2, 0.25) is 0 Å². The maximum atomic E-state index is 11.9. The van der Waals surface area contributed by atoms with Gasteiger partial charge in [0, 0.05) is 19.2 Å². The Labute approximate surface area is 95.7 Å². The molecule has 0 spiro atoms. The number of aryl methyl sites for hydroxylation is 1. The Bertz CT molecular complexity index is 377. The van der Waals surface area contributed by atoms with E-state index in [-0.39, 0.29) is 11.7 Å². The molecule has 0 bridgehead atoms. The monoisotopic (exact) mass is 222 g/mol. The van der Waals surface area contributed by atoms with E-state index < -0.39 is 0 Å². The number of amides is 1. The average molecular weight is 222 g/mol. The molecule has 1 amide bonds. The summed E-state index contributed by atoms with van der Waals surface area (Å²) in [5.41, 5.74) is 6.69. The Kier molecular flexibility index (Phi) is 4.31. The van der Waals surface area contributed by atoms with Gasteiger partial charge < -0.3 is 15.7 Å². The number of nitrogens with two attached hydrogens (primary N) is 1. The highest BCUT2D eigenvalue weighted by atomic mass is 16.3. The van der Waals surface area contributed by atoms with Gasteiger partial charge in [-0.2, -0.15) is 0 Å². The van der Waals surface area contributed by atoms with Crippen LogP contribution >= 0.6 is 0 Å². The molecule has 0 aliphatic heterocycles. The van der Waals surface area contributed by atoms with Gasteiger partial charge in [0.2, 0.25) is 0 Å². The number of aromatic hydroxyl groups is 1. The van der Waals surface area contributed by atoms with Gasteiger partial charge in [-0.25, -0.2) is 0 Å². The van der Waals surface area contributed by atoms with E-state index in [0.29, 0.717) is 24.2 Å². The number of hydrogen-bond donors (Lipinski definition) is 2. The summed E-state index contributed by atoms with van der Waals surface area (Å²) in [4.78, 5) is 13.6. The van der Waals surface area contributed by atoms with Crippen molar-refractivity contribution in [3.63, 3.8) is 0 Å². The molecule has 0 fully saturated rings. The van der Waals surface area contributed by atoms with Crippen molar-refractivity contribution in [2.45, 2.75) is 13.3 Å². The van der Waals surface area contributed by atoms with Gasteiger partial charge >= 0.3 is 0 Å². The SMILES string of the molecule is Cc1cc(C(=O)N(C)CCCN)ccc1O. The summed E-state index contributed by atoms with van der Waals surface area (Å²) in [5.74, 6) is 0.165. The minimum absolute atomic E-state index is 0.0449. The minimum Gasteiger partial charge on any atom is -0.508 e. The molecule has 0 radical (unpaired) electrons. The van der Waals surface area contributed by atoms with Crippen LogP contribution in [-0.4, -0.2) is 36.1 Å². The molecule has 0 unspecified atom stereocenters. The van der Waals surface area contributed by atoms with Gasteiger partial charge in [0.15, 0.2) is 0 Å². The first-order valence-corrected chi connectivity index (χ1v) is 5.31. The van der Waals surface area contributed by atoms with Crippen molar-refractivity contribution in [2.75, 3.05) is 20.1 Å². The van der Waals surface area contributed by atoms with Gasteiger partial charge in [-0.3, -0.25) is 4.79 Å². The number of carbonyl (C=O) groups is 1. The van der Waals surface area contributed by atoms with Crippen molar-refractivity contribution in [2.24, 2.45) is 5.73 Å². The van der Waals surface area contributed by atoms with Crippen LogP contribution in [0, 0.1) is 6.92 Å². The lowest BCUT2D eigenvalue weighted by Crippen LogP contribution is -2.28. The van der Waals surface area contributed by atoms with E-state index in [1.54, 1.807) is 37.1 Å². The summed E-state index contributed by atoms with van der Waals surface area (Å²) < 4.78 is 0. The minimum atomic E-state index is -0.0449. The summed E-state index contributed by atoms with van der Waals surface area (Å²) in [6.45, 7) is 2.99. The highest BCUT2D eigenvalue weighted by molar-refractivity contribution is 5.94. The molecule has 0 aliphatic carbocycles. The van der Waals surface area contributed by atoms with Crippen LogP contribution in [0.4, 0.5) is 0 Å². The molecule has 0 heterocycles. The van der Waals surface area contributed by atoms with Crippen LogP contribution in [0.25, 0.3) is 0 Å². The number of carbonyl (C=O) groups excluding carboxylic acids is 1. The third-order valence-electron chi connectivity index (χ3n) is 2.49. The van der Waals surface area contributed by atoms with Crippen molar-refractivity contribution in [1.29, 1.82) is 0 Å². The normalized spacial score (nSPS) is 10.2. The molecule has 1 rings (SSSR count). The zero-order valence-electron chi connectivity index (χ0n) is 9.73. The summed E-state index contributed by atoms with van der Waals surface area (Å²) in [6.07, 6.45) is 0.791. The lowest BCUT2D eigenvalue weighted by atomic mass is 10.1. The van der Waals surface area contributed by atoms with E-state index in [1.807, 2.05) is 0 Å². The van der Waals surface area contributed by atoms with E-state index in [9.17, 15) is 9.90 Å². The maximum Gasteiger partial charge on any atom is 0.253 e. The largest absolute Gasteiger partial charge is 0.508 e. The second-order valence-electron chi connectivity index (χ2n) is 3.87. The zero-order valence-corrected chi connectivity index (χ0v) is 9.73. The Morgan fingerprint density at radius 1 is 1.50 bits per heavy atom. The van der Waals surface area contributed by atoms with Crippen LogP contribution in [0.3, 0.4) is 0 Å². The highest BCUT2D eigenvalue weighted by Gasteiger charge is 2.11. The predicted molar refractivity (Wildman–Crippen MR) is 63.5 cm³/mol. The average Bonchev–Trinajstić information content (AvgIpc) is 2.28. The second-order valence-corrected chi connectivity index (χ2v) is 3.87. The number of rotatable bonds is 4. The van der Waals surface area contributed by atoms with Gasteiger partial charge in [0.25, 0.3) is 5.91 Å². The molecule has 1 aromatic rings. The zero-order chi connectivity index (χ0) is 12.1. The number of benzene rings is 1. The molecule has 0 aromatic heterocycles. The molecule has 3 N–H and O–H groups in total. The molecule has 4 nitrogen and oxygen atoms in total. The Morgan fingerprint density at radius 2 is 2.19 bits per heavy atom. The molecule has 0 aliphatic rings. The van der Waals surface area contributed by atoms with Crippen molar-refractivity contribution in [3.05, 3.63) is 29.3 Å². The highest BCUT2D eigenvalue weighted by Crippen LogP contribution is 2.17. The number of phenols is 1. The van der Waals surface area contributed by atoms with Gasteiger partial charge in [-0.05, 0) is 43.7 Å². The van der Waals surface area contributed by atoms with Crippen LogP contribution < -0.4 is 5.73 Å². The lowest BCUT2D eigenvalue weighted by molar-refractivity contribution is 0.0794. The Balaban J connectivity index is 2.76. The third kappa shape index (κ3) is 2.97. The summed E-state index contributed by atoms with van der Waals surface area (Å²) in [5, 5.41) is 9.36. The van der Waals surface area contributed by atoms with E-state index in [1.165, 1.54) is 0 Å². The standard InChI is InChI=1S/C12H18N2O2/c1-9-8-10(4-5-11(9)15)12(16)14(2)7-3-6-13/h4-5,8,15H,3,6-7,13H2,1-2H3. The smallest absolute Gasteiger partial charge is 0.253 e. The first-order valence-electron chi connectivity index (χ1n) is 5.31. The summed E-state index contributed by atoms with van der Waals surface area (Å²) in [7, 11) is 1.75. The van der Waals surface area contributed by atoms with Gasteiger partial charge in [0.05, 0.1) is 0 Å². The van der Waals surface area contributed by atoms with Crippen LogP contribution in [0.15, 0.2) is 18.2 Å². The molecular formula is C12H18N2O2. The number of hydrogen-bond acceptors (Lipinski definition) is 3. The summed E-state index contributed by atoms with van der Waals surface area (Å²) >= 11 is 0. The topological polar surface area (TPSA) is 66.6 Å². The predicted octanol–water partition coefficient (Wildman–Crippen LogP) is 1.12. The van der Waals surface area contributed by atoms with Gasteiger partial charge in [-0.1, -0.05) is 0 Å². The third-order valence-corrected chi connectivity index (χ3v) is 2.49. The Hall–Kier alpha value is -1.55. The van der Waals surface area contributed by atoms with E-state index in [4.69, 9.17) is 5.73 Å². The molecule has 1 aromatic carbocycles. The second kappa shape index (κ2) is 5.51. The lowest BCUT2D eigenvalue weighted by Gasteiger charge is -2.17. The number of phenolic OH excluding ortho intramolecular Hbond substituents is 1. The van der Waals surface area contributed by atoms with E-state index in [0.717, 1.165) is 6.42 Å². The first kappa shape index (κ1) is 12.5. The Morgan fingerprint density at radius 3 is 2.75 bits per heavy atom. The molecule has 0 saturated heterocycles.